The van der Waals surface area contributed by atoms with Gasteiger partial charge in [-0.25, -0.2) is 0 Å². The van der Waals surface area contributed by atoms with Gasteiger partial charge in [0.15, 0.2) is 0 Å². The molecule has 0 atom stereocenters. The Morgan fingerprint density at radius 1 is 0.850 bits per heavy atom. The zero-order valence-corrected chi connectivity index (χ0v) is 12.2. The Hall–Kier alpha value is -2.02. The molecule has 0 aromatic heterocycles. The van der Waals surface area contributed by atoms with Crippen molar-refractivity contribution in [1.29, 1.82) is 0 Å². The second-order valence-corrected chi connectivity index (χ2v) is 6.32. The molecule has 0 radical (unpaired) electrons. The molecule has 3 aromatic carbocycles. The fourth-order valence-electron chi connectivity index (χ4n) is 3.76. The molecular weight excluding hydrogens is 239 g/mol. The summed E-state index contributed by atoms with van der Waals surface area (Å²) in [6, 6.07) is 20.0. The minimum atomic E-state index is 0.0979. The molecule has 0 saturated carbocycles. The molecule has 0 unspecified atom stereocenters. The van der Waals surface area contributed by atoms with Gasteiger partial charge < -0.3 is 0 Å². The van der Waals surface area contributed by atoms with Gasteiger partial charge in [-0.3, -0.25) is 0 Å². The molecule has 1 heteroatoms. The predicted octanol–water partition coefficient (Wildman–Crippen LogP) is 3.40. The largest absolute Gasteiger partial charge is 0.140 e. The van der Waals surface area contributed by atoms with E-state index >= 15 is 0 Å². The summed E-state index contributed by atoms with van der Waals surface area (Å²) in [6.45, 7) is 4.68. The zero-order valence-electron chi connectivity index (χ0n) is 12.2. The summed E-state index contributed by atoms with van der Waals surface area (Å²) in [4.78, 5) is 0. The van der Waals surface area contributed by atoms with Crippen LogP contribution in [0.5, 0.6) is 0 Å². The van der Waals surface area contributed by atoms with E-state index in [9.17, 15) is 0 Å². The van der Waals surface area contributed by atoms with Crippen LogP contribution in [-0.2, 0) is 5.41 Å². The maximum absolute atomic E-state index is 2.39. The van der Waals surface area contributed by atoms with E-state index in [0.29, 0.717) is 0 Å². The highest BCUT2D eigenvalue weighted by molar-refractivity contribution is 6.43. The molecule has 1 aliphatic carbocycles. The highest BCUT2D eigenvalue weighted by atomic mass is 14.4. The molecule has 0 N–H and O–H groups in total. The summed E-state index contributed by atoms with van der Waals surface area (Å²) in [5, 5.41) is 2.73. The van der Waals surface area contributed by atoms with Gasteiger partial charge in [0.2, 0.25) is 0 Å². The fourth-order valence-corrected chi connectivity index (χ4v) is 3.76. The van der Waals surface area contributed by atoms with Gasteiger partial charge in [-0.15, -0.1) is 0 Å². The Balaban J connectivity index is 2.21. The summed E-state index contributed by atoms with van der Waals surface area (Å²) < 4.78 is 0. The number of fused-ring (bicyclic) bond motifs is 4. The maximum Gasteiger partial charge on any atom is 0.140 e. The highest BCUT2D eigenvalue weighted by Crippen LogP contribution is 2.48. The van der Waals surface area contributed by atoms with Crippen LogP contribution in [0.2, 0.25) is 0 Å². The van der Waals surface area contributed by atoms with Gasteiger partial charge >= 0.3 is 0 Å². The lowest BCUT2D eigenvalue weighted by atomic mass is 9.78. The Morgan fingerprint density at radius 2 is 1.55 bits per heavy atom. The molecule has 4 rings (SSSR count). The molecule has 0 nitrogen and oxygen atoms in total. The van der Waals surface area contributed by atoms with Crippen molar-refractivity contribution < 1.29 is 0 Å². The second kappa shape index (κ2) is 3.76. The van der Waals surface area contributed by atoms with Crippen LogP contribution in [0.3, 0.4) is 0 Å². The highest BCUT2D eigenvalue weighted by Gasteiger charge is 2.36. The smallest absolute Gasteiger partial charge is 0.0733 e. The number of hydrogen-bond donors (Lipinski definition) is 0. The van der Waals surface area contributed by atoms with Crippen LogP contribution in [0.15, 0.2) is 54.6 Å². The lowest BCUT2D eigenvalue weighted by Crippen LogP contribution is -2.17. The van der Waals surface area contributed by atoms with Crippen LogP contribution in [0.1, 0.15) is 25.0 Å². The Labute approximate surface area is 120 Å². The van der Waals surface area contributed by atoms with Crippen molar-refractivity contribution in [3.8, 4) is 11.1 Å². The van der Waals surface area contributed by atoms with Crippen LogP contribution in [0, 0.1) is 0 Å². The molecule has 0 heterocycles. The van der Waals surface area contributed by atoms with Crippen LogP contribution < -0.4 is 5.46 Å². The first-order valence-corrected chi connectivity index (χ1v) is 7.23. The lowest BCUT2D eigenvalue weighted by Gasteiger charge is -2.22. The average Bonchev–Trinajstić information content (AvgIpc) is 2.69. The molecular formula is C19H17B. The summed E-state index contributed by atoms with van der Waals surface area (Å²) in [6.07, 6.45) is 0. The van der Waals surface area contributed by atoms with Crippen molar-refractivity contribution in [3.05, 3.63) is 65.7 Å². The Morgan fingerprint density at radius 3 is 2.40 bits per heavy atom. The van der Waals surface area contributed by atoms with E-state index in [1.54, 1.807) is 0 Å². The average molecular weight is 256 g/mol. The summed E-state index contributed by atoms with van der Waals surface area (Å²) >= 11 is 0. The molecule has 0 bridgehead atoms. The van der Waals surface area contributed by atoms with Crippen LogP contribution in [0.4, 0.5) is 0 Å². The lowest BCUT2D eigenvalue weighted by molar-refractivity contribution is 0.661. The van der Waals surface area contributed by atoms with Crippen molar-refractivity contribution in [2.75, 3.05) is 0 Å². The minimum Gasteiger partial charge on any atom is -0.0733 e. The molecule has 0 amide bonds. The number of hydrogen-bond acceptors (Lipinski definition) is 0. The first kappa shape index (κ1) is 11.8. The van der Waals surface area contributed by atoms with E-state index in [2.05, 4.69) is 76.3 Å². The first-order chi connectivity index (χ1) is 9.60. The van der Waals surface area contributed by atoms with Crippen molar-refractivity contribution >= 4 is 24.1 Å². The Kier molecular flexibility index (Phi) is 2.21. The molecule has 0 saturated heterocycles. The van der Waals surface area contributed by atoms with Crippen molar-refractivity contribution in [1.82, 2.24) is 0 Å². The summed E-state index contributed by atoms with van der Waals surface area (Å²) in [5.74, 6) is 0. The molecule has 0 spiro atoms. The third-order valence-electron chi connectivity index (χ3n) is 4.85. The quantitative estimate of drug-likeness (QED) is 0.541. The Bertz CT molecular complexity index is 844. The maximum atomic E-state index is 2.39. The van der Waals surface area contributed by atoms with Gasteiger partial charge in [0.05, 0.1) is 0 Å². The van der Waals surface area contributed by atoms with E-state index in [-0.39, 0.29) is 5.41 Å². The van der Waals surface area contributed by atoms with E-state index in [4.69, 9.17) is 0 Å². The SMILES string of the molecule is Bc1c2c(cc3ccccc13)C(C)(C)c1ccccc1-2. The molecule has 0 fully saturated rings. The molecule has 3 aromatic rings. The first-order valence-electron chi connectivity index (χ1n) is 7.23. The van der Waals surface area contributed by atoms with Gasteiger partial charge in [-0.1, -0.05) is 67.8 Å². The predicted molar refractivity (Wildman–Crippen MR) is 89.7 cm³/mol. The number of rotatable bonds is 0. The minimum absolute atomic E-state index is 0.0979. The number of benzene rings is 3. The van der Waals surface area contributed by atoms with Crippen molar-refractivity contribution in [2.45, 2.75) is 19.3 Å². The third-order valence-corrected chi connectivity index (χ3v) is 4.85. The van der Waals surface area contributed by atoms with Gasteiger partial charge in [-0.2, -0.15) is 0 Å². The summed E-state index contributed by atoms with van der Waals surface area (Å²) in [5.41, 5.74) is 7.29. The van der Waals surface area contributed by atoms with Gasteiger partial charge in [0.1, 0.15) is 7.85 Å². The van der Waals surface area contributed by atoms with Gasteiger partial charge in [-0.05, 0) is 39.1 Å². The molecule has 20 heavy (non-hydrogen) atoms. The van der Waals surface area contributed by atoms with Gasteiger partial charge in [0.25, 0.3) is 0 Å². The van der Waals surface area contributed by atoms with E-state index in [0.717, 1.165) is 0 Å². The van der Waals surface area contributed by atoms with E-state index in [1.165, 1.54) is 38.5 Å². The van der Waals surface area contributed by atoms with Crippen LogP contribution in [-0.4, -0.2) is 7.85 Å². The normalized spacial score (nSPS) is 15.1. The monoisotopic (exact) mass is 256 g/mol. The second-order valence-electron chi connectivity index (χ2n) is 6.32. The summed E-state index contributed by atoms with van der Waals surface area (Å²) in [7, 11) is 2.26. The molecule has 0 aliphatic heterocycles. The van der Waals surface area contributed by atoms with E-state index < -0.39 is 0 Å². The third kappa shape index (κ3) is 1.33. The fraction of sp³-hybridized carbons (Fsp3) is 0.158. The van der Waals surface area contributed by atoms with Crippen molar-refractivity contribution in [3.63, 3.8) is 0 Å². The van der Waals surface area contributed by atoms with Crippen LogP contribution >= 0.6 is 0 Å². The molecule has 96 valence electrons. The topological polar surface area (TPSA) is 0 Å². The van der Waals surface area contributed by atoms with Crippen LogP contribution in [0.25, 0.3) is 21.9 Å². The standard InChI is InChI=1S/C19H17B/c1-19(2)15-10-6-5-9-14(15)17-16(19)11-12-7-3-4-8-13(12)18(17)20/h3-11H,20H2,1-2H3. The zero-order chi connectivity index (χ0) is 13.9. The van der Waals surface area contributed by atoms with Gasteiger partial charge in [0, 0.05) is 5.41 Å². The van der Waals surface area contributed by atoms with E-state index in [1.807, 2.05) is 0 Å². The molecule has 1 aliphatic rings. The van der Waals surface area contributed by atoms with Crippen molar-refractivity contribution in [2.24, 2.45) is 0 Å².